The molecule has 0 saturated heterocycles. The summed E-state index contributed by atoms with van der Waals surface area (Å²) in [4.78, 5) is 8.82. The number of nitrogens with one attached hydrogen (secondary N) is 1. The zero-order valence-corrected chi connectivity index (χ0v) is 11.7. The first-order valence-electron chi connectivity index (χ1n) is 6.54. The maximum absolute atomic E-state index is 4.41. The summed E-state index contributed by atoms with van der Waals surface area (Å²) in [5.41, 5.74) is 3.92. The summed E-state index contributed by atoms with van der Waals surface area (Å²) in [5.74, 6) is 0.766. The molecular weight excluding hydrogens is 272 g/mol. The standard InChI is InChI=1S/C15H14N4.ClH/c1-2-5-13-11(4-1)12-10-16-9-6-14(12)19(13)15-17-7-3-8-18-15;/h1-5,7-8,16H,6,9-10H2;1H. The van der Waals surface area contributed by atoms with E-state index in [1.165, 1.54) is 22.2 Å². The number of benzene rings is 1. The third-order valence-electron chi connectivity index (χ3n) is 3.68. The minimum Gasteiger partial charge on any atom is -0.312 e. The second-order valence-corrected chi connectivity index (χ2v) is 4.75. The monoisotopic (exact) mass is 286 g/mol. The summed E-state index contributed by atoms with van der Waals surface area (Å²) >= 11 is 0. The molecule has 3 aromatic rings. The van der Waals surface area contributed by atoms with Crippen molar-refractivity contribution in [2.75, 3.05) is 6.54 Å². The molecule has 0 atom stereocenters. The minimum absolute atomic E-state index is 0. The van der Waals surface area contributed by atoms with Crippen LogP contribution >= 0.6 is 12.4 Å². The van der Waals surface area contributed by atoms with Crippen molar-refractivity contribution in [1.82, 2.24) is 19.9 Å². The van der Waals surface area contributed by atoms with E-state index in [-0.39, 0.29) is 12.4 Å². The Balaban J connectivity index is 0.00000121. The molecule has 1 aromatic carbocycles. The average molecular weight is 287 g/mol. The van der Waals surface area contributed by atoms with Crippen molar-refractivity contribution in [3.63, 3.8) is 0 Å². The van der Waals surface area contributed by atoms with Crippen LogP contribution in [0, 0.1) is 0 Å². The number of hydrogen-bond acceptors (Lipinski definition) is 3. The summed E-state index contributed by atoms with van der Waals surface area (Å²) in [6, 6.07) is 10.3. The predicted octanol–water partition coefficient (Wildman–Crippen LogP) is 2.49. The van der Waals surface area contributed by atoms with Gasteiger partial charge in [-0.2, -0.15) is 0 Å². The lowest BCUT2D eigenvalue weighted by Gasteiger charge is -2.15. The molecule has 2 aromatic heterocycles. The van der Waals surface area contributed by atoms with Gasteiger partial charge in [0.05, 0.1) is 5.52 Å². The van der Waals surface area contributed by atoms with Gasteiger partial charge >= 0.3 is 0 Å². The van der Waals surface area contributed by atoms with Gasteiger partial charge in [-0.3, -0.25) is 4.57 Å². The van der Waals surface area contributed by atoms with Gasteiger partial charge in [-0.25, -0.2) is 9.97 Å². The molecule has 102 valence electrons. The van der Waals surface area contributed by atoms with E-state index in [0.29, 0.717) is 0 Å². The number of halogens is 1. The van der Waals surface area contributed by atoms with Crippen LogP contribution in [0.15, 0.2) is 42.7 Å². The van der Waals surface area contributed by atoms with E-state index in [4.69, 9.17) is 0 Å². The fourth-order valence-corrected chi connectivity index (χ4v) is 2.87. The molecule has 0 saturated carbocycles. The Labute approximate surface area is 123 Å². The lowest BCUT2D eigenvalue weighted by Crippen LogP contribution is -2.24. The molecule has 0 bridgehead atoms. The van der Waals surface area contributed by atoms with Crippen LogP contribution in [0.5, 0.6) is 0 Å². The molecule has 0 aliphatic carbocycles. The molecular formula is C15H15ClN4. The first-order chi connectivity index (χ1) is 9.45. The maximum Gasteiger partial charge on any atom is 0.234 e. The zero-order chi connectivity index (χ0) is 12.7. The molecule has 1 aliphatic heterocycles. The SMILES string of the molecule is Cl.c1cnc(-n2c3c(c4ccccc42)CNCC3)nc1. The van der Waals surface area contributed by atoms with E-state index < -0.39 is 0 Å². The highest BCUT2D eigenvalue weighted by atomic mass is 35.5. The van der Waals surface area contributed by atoms with E-state index in [0.717, 1.165) is 25.5 Å². The van der Waals surface area contributed by atoms with Gasteiger partial charge in [0.25, 0.3) is 0 Å². The van der Waals surface area contributed by atoms with Gasteiger partial charge in [0.2, 0.25) is 5.95 Å². The normalized spacial score (nSPS) is 13.8. The average Bonchev–Trinajstić information content (AvgIpc) is 2.83. The number of para-hydroxylation sites is 1. The van der Waals surface area contributed by atoms with Gasteiger partial charge in [-0.1, -0.05) is 18.2 Å². The summed E-state index contributed by atoms with van der Waals surface area (Å²) in [7, 11) is 0. The fraction of sp³-hybridized carbons (Fsp3) is 0.200. The van der Waals surface area contributed by atoms with E-state index in [1.54, 1.807) is 12.4 Å². The van der Waals surface area contributed by atoms with Gasteiger partial charge in [-0.15, -0.1) is 12.4 Å². The third-order valence-corrected chi connectivity index (χ3v) is 3.68. The topological polar surface area (TPSA) is 42.7 Å². The van der Waals surface area contributed by atoms with Crippen molar-refractivity contribution in [3.8, 4) is 5.95 Å². The second kappa shape index (κ2) is 5.23. The Morgan fingerprint density at radius 2 is 1.85 bits per heavy atom. The van der Waals surface area contributed by atoms with Crippen LogP contribution in [-0.4, -0.2) is 21.1 Å². The van der Waals surface area contributed by atoms with E-state index >= 15 is 0 Å². The molecule has 4 nitrogen and oxygen atoms in total. The Bertz CT molecular complexity index is 736. The van der Waals surface area contributed by atoms with Crippen molar-refractivity contribution in [2.45, 2.75) is 13.0 Å². The smallest absolute Gasteiger partial charge is 0.234 e. The van der Waals surface area contributed by atoms with Gasteiger partial charge < -0.3 is 5.32 Å². The van der Waals surface area contributed by atoms with Gasteiger partial charge in [-0.05, 0) is 17.7 Å². The summed E-state index contributed by atoms with van der Waals surface area (Å²) in [6.07, 6.45) is 4.61. The Hall–Kier alpha value is -1.91. The van der Waals surface area contributed by atoms with Crippen LogP contribution in [0.3, 0.4) is 0 Å². The minimum atomic E-state index is 0. The molecule has 0 fully saturated rings. The lowest BCUT2D eigenvalue weighted by atomic mass is 10.1. The second-order valence-electron chi connectivity index (χ2n) is 4.75. The summed E-state index contributed by atoms with van der Waals surface area (Å²) in [5, 5.41) is 4.75. The summed E-state index contributed by atoms with van der Waals surface area (Å²) < 4.78 is 2.20. The van der Waals surface area contributed by atoms with Crippen LogP contribution in [0.1, 0.15) is 11.3 Å². The quantitative estimate of drug-likeness (QED) is 0.747. The van der Waals surface area contributed by atoms with Crippen LogP contribution in [0.2, 0.25) is 0 Å². The van der Waals surface area contributed by atoms with E-state index in [2.05, 4.69) is 44.1 Å². The van der Waals surface area contributed by atoms with Crippen LogP contribution < -0.4 is 5.32 Å². The Morgan fingerprint density at radius 1 is 1.05 bits per heavy atom. The zero-order valence-electron chi connectivity index (χ0n) is 10.9. The largest absolute Gasteiger partial charge is 0.312 e. The Kier molecular flexibility index (Phi) is 3.42. The molecule has 0 unspecified atom stereocenters. The highest BCUT2D eigenvalue weighted by molar-refractivity contribution is 5.87. The third kappa shape index (κ3) is 1.88. The van der Waals surface area contributed by atoms with Crippen molar-refractivity contribution in [2.24, 2.45) is 0 Å². The first kappa shape index (κ1) is 13.1. The van der Waals surface area contributed by atoms with Crippen LogP contribution in [0.4, 0.5) is 0 Å². The van der Waals surface area contributed by atoms with Gasteiger partial charge in [0.1, 0.15) is 0 Å². The molecule has 4 rings (SSSR count). The van der Waals surface area contributed by atoms with Crippen molar-refractivity contribution in [3.05, 3.63) is 54.0 Å². The van der Waals surface area contributed by atoms with Gasteiger partial charge in [0.15, 0.2) is 0 Å². The van der Waals surface area contributed by atoms with Crippen LogP contribution in [-0.2, 0) is 13.0 Å². The molecule has 5 heteroatoms. The fourth-order valence-electron chi connectivity index (χ4n) is 2.87. The molecule has 20 heavy (non-hydrogen) atoms. The van der Waals surface area contributed by atoms with Gasteiger partial charge in [0, 0.05) is 43.0 Å². The highest BCUT2D eigenvalue weighted by Crippen LogP contribution is 2.30. The first-order valence-corrected chi connectivity index (χ1v) is 6.54. The number of nitrogens with zero attached hydrogens (tertiary/aromatic N) is 3. The highest BCUT2D eigenvalue weighted by Gasteiger charge is 2.21. The molecule has 0 radical (unpaired) electrons. The Morgan fingerprint density at radius 3 is 2.70 bits per heavy atom. The van der Waals surface area contributed by atoms with E-state index in [1.807, 2.05) is 6.07 Å². The van der Waals surface area contributed by atoms with Crippen molar-refractivity contribution < 1.29 is 0 Å². The predicted molar refractivity (Wildman–Crippen MR) is 81.5 cm³/mol. The maximum atomic E-state index is 4.41. The number of rotatable bonds is 1. The van der Waals surface area contributed by atoms with Crippen molar-refractivity contribution in [1.29, 1.82) is 0 Å². The number of hydrogen-bond donors (Lipinski definition) is 1. The molecule has 3 heterocycles. The molecule has 1 aliphatic rings. The van der Waals surface area contributed by atoms with Crippen molar-refractivity contribution >= 4 is 23.3 Å². The molecule has 0 spiro atoms. The lowest BCUT2D eigenvalue weighted by molar-refractivity contribution is 0.628. The van der Waals surface area contributed by atoms with E-state index in [9.17, 15) is 0 Å². The van der Waals surface area contributed by atoms with Crippen LogP contribution in [0.25, 0.3) is 16.9 Å². The number of fused-ring (bicyclic) bond motifs is 3. The molecule has 0 amide bonds. The molecule has 1 N–H and O–H groups in total. The summed E-state index contributed by atoms with van der Waals surface area (Å²) in [6.45, 7) is 1.94. The number of aromatic nitrogens is 3.